The van der Waals surface area contributed by atoms with Gasteiger partial charge in [0, 0.05) is 31.2 Å². The Labute approximate surface area is 120 Å². The van der Waals surface area contributed by atoms with Gasteiger partial charge in [-0.05, 0) is 6.07 Å². The van der Waals surface area contributed by atoms with E-state index in [-0.39, 0.29) is 23.9 Å². The fourth-order valence-corrected chi connectivity index (χ4v) is 3.28. The third kappa shape index (κ3) is 3.04. The van der Waals surface area contributed by atoms with E-state index in [0.717, 1.165) is 5.75 Å². The summed E-state index contributed by atoms with van der Waals surface area (Å²) in [5.41, 5.74) is 0.0387. The number of carbonyl (C=O) groups excluding carboxylic acids is 1. The number of thioether (sulfide) groups is 1. The predicted molar refractivity (Wildman–Crippen MR) is 76.1 cm³/mol. The molecule has 1 amide bonds. The van der Waals surface area contributed by atoms with Crippen molar-refractivity contribution in [2.24, 2.45) is 7.05 Å². The van der Waals surface area contributed by atoms with Crippen LogP contribution < -0.4 is 5.56 Å². The van der Waals surface area contributed by atoms with E-state index in [1.165, 1.54) is 10.6 Å². The fourth-order valence-electron chi connectivity index (χ4n) is 2.22. The highest BCUT2D eigenvalue weighted by Gasteiger charge is 2.30. The number of carbonyl (C=O) groups is 2. The lowest BCUT2D eigenvalue weighted by Gasteiger charge is -2.34. The summed E-state index contributed by atoms with van der Waals surface area (Å²) in [5.74, 6) is 0.190. The van der Waals surface area contributed by atoms with Crippen molar-refractivity contribution in [3.63, 3.8) is 0 Å². The van der Waals surface area contributed by atoms with E-state index >= 15 is 0 Å². The number of amides is 1. The zero-order chi connectivity index (χ0) is 14.7. The quantitative estimate of drug-likeness (QED) is 0.874. The molecule has 0 aromatic carbocycles. The predicted octanol–water partition coefficient (Wildman–Crippen LogP) is 0.418. The smallest absolute Gasteiger partial charge is 0.305 e. The molecule has 0 saturated carbocycles. The van der Waals surface area contributed by atoms with Crippen LogP contribution in [0, 0.1) is 0 Å². The highest BCUT2D eigenvalue weighted by atomic mass is 32.2. The Kier molecular flexibility index (Phi) is 4.49. The minimum absolute atomic E-state index is 0.0699. The van der Waals surface area contributed by atoms with Crippen LogP contribution in [0.5, 0.6) is 0 Å². The summed E-state index contributed by atoms with van der Waals surface area (Å²) in [6, 6.07) is 4.19. The zero-order valence-electron chi connectivity index (χ0n) is 11.1. The van der Waals surface area contributed by atoms with Gasteiger partial charge in [0.05, 0.1) is 12.5 Å². The van der Waals surface area contributed by atoms with Gasteiger partial charge in [-0.2, -0.15) is 11.8 Å². The van der Waals surface area contributed by atoms with Crippen molar-refractivity contribution in [1.82, 2.24) is 9.47 Å². The van der Waals surface area contributed by atoms with E-state index in [2.05, 4.69) is 0 Å². The second kappa shape index (κ2) is 6.13. The molecule has 1 unspecified atom stereocenters. The van der Waals surface area contributed by atoms with E-state index in [9.17, 15) is 14.4 Å². The van der Waals surface area contributed by atoms with Gasteiger partial charge in [-0.25, -0.2) is 0 Å². The molecular weight excluding hydrogens is 280 g/mol. The van der Waals surface area contributed by atoms with E-state index in [1.54, 1.807) is 35.8 Å². The molecule has 6 nitrogen and oxygen atoms in total. The molecule has 7 heteroatoms. The van der Waals surface area contributed by atoms with Crippen LogP contribution in [0.15, 0.2) is 23.0 Å². The van der Waals surface area contributed by atoms with Gasteiger partial charge in [-0.3, -0.25) is 14.4 Å². The molecule has 1 aliphatic rings. The summed E-state index contributed by atoms with van der Waals surface area (Å²) >= 11 is 1.64. The SMILES string of the molecule is Cn1c(C(=O)N2CCSCC2CC(=O)O)cccc1=O. The van der Waals surface area contributed by atoms with Gasteiger partial charge < -0.3 is 14.6 Å². The van der Waals surface area contributed by atoms with E-state index in [4.69, 9.17) is 5.11 Å². The molecule has 0 spiro atoms. The molecular formula is C13H16N2O4S. The van der Waals surface area contributed by atoms with Crippen molar-refractivity contribution >= 4 is 23.6 Å². The maximum Gasteiger partial charge on any atom is 0.305 e. The normalized spacial score (nSPS) is 18.9. The minimum atomic E-state index is -0.919. The largest absolute Gasteiger partial charge is 0.481 e. The molecule has 1 atom stereocenters. The van der Waals surface area contributed by atoms with Crippen LogP contribution in [0.4, 0.5) is 0 Å². The summed E-state index contributed by atoms with van der Waals surface area (Å²) in [7, 11) is 1.54. The summed E-state index contributed by atoms with van der Waals surface area (Å²) in [6.07, 6.45) is -0.0699. The molecule has 0 radical (unpaired) electrons. The topological polar surface area (TPSA) is 79.6 Å². The highest BCUT2D eigenvalue weighted by Crippen LogP contribution is 2.21. The molecule has 0 bridgehead atoms. The summed E-state index contributed by atoms with van der Waals surface area (Å²) in [6.45, 7) is 0.504. The molecule has 1 saturated heterocycles. The second-order valence-electron chi connectivity index (χ2n) is 4.63. The number of carboxylic acids is 1. The lowest BCUT2D eigenvalue weighted by molar-refractivity contribution is -0.138. The molecule has 2 heterocycles. The Morgan fingerprint density at radius 1 is 1.45 bits per heavy atom. The standard InChI is InChI=1S/C13H16N2O4S/c1-14-10(3-2-4-11(14)16)13(19)15-5-6-20-8-9(15)7-12(17)18/h2-4,9H,5-8H2,1H3,(H,17,18). The van der Waals surface area contributed by atoms with Gasteiger partial charge in [0.15, 0.2) is 0 Å². The third-order valence-electron chi connectivity index (χ3n) is 3.30. The molecule has 0 aliphatic carbocycles. The van der Waals surface area contributed by atoms with Gasteiger partial charge in [0.2, 0.25) is 0 Å². The maximum absolute atomic E-state index is 12.5. The number of pyridine rings is 1. The van der Waals surface area contributed by atoms with Crippen LogP contribution in [-0.4, -0.2) is 50.5 Å². The van der Waals surface area contributed by atoms with Crippen molar-refractivity contribution in [2.75, 3.05) is 18.1 Å². The number of hydrogen-bond acceptors (Lipinski definition) is 4. The van der Waals surface area contributed by atoms with Crippen LogP contribution in [0.1, 0.15) is 16.9 Å². The third-order valence-corrected chi connectivity index (χ3v) is 4.39. The number of nitrogens with zero attached hydrogens (tertiary/aromatic N) is 2. The first-order valence-corrected chi connectivity index (χ1v) is 7.42. The summed E-state index contributed by atoms with van der Waals surface area (Å²) in [5, 5.41) is 8.93. The number of rotatable bonds is 3. The molecule has 20 heavy (non-hydrogen) atoms. The number of aliphatic carboxylic acids is 1. The van der Waals surface area contributed by atoms with Gasteiger partial charge in [-0.1, -0.05) is 6.07 Å². The maximum atomic E-state index is 12.5. The fraction of sp³-hybridized carbons (Fsp3) is 0.462. The van der Waals surface area contributed by atoms with Crippen molar-refractivity contribution in [1.29, 1.82) is 0 Å². The molecule has 1 aromatic heterocycles. The van der Waals surface area contributed by atoms with Gasteiger partial charge >= 0.3 is 5.97 Å². The average molecular weight is 296 g/mol. The lowest BCUT2D eigenvalue weighted by atomic mass is 10.1. The van der Waals surface area contributed by atoms with Crippen LogP contribution >= 0.6 is 11.8 Å². The van der Waals surface area contributed by atoms with E-state index in [1.807, 2.05) is 0 Å². The van der Waals surface area contributed by atoms with Crippen molar-refractivity contribution in [3.05, 3.63) is 34.2 Å². The summed E-state index contributed by atoms with van der Waals surface area (Å²) in [4.78, 5) is 36.6. The van der Waals surface area contributed by atoms with Crippen molar-refractivity contribution < 1.29 is 14.7 Å². The van der Waals surface area contributed by atoms with Crippen molar-refractivity contribution in [2.45, 2.75) is 12.5 Å². The first kappa shape index (κ1) is 14.6. The first-order chi connectivity index (χ1) is 9.50. The monoisotopic (exact) mass is 296 g/mol. The molecule has 1 aromatic rings. The molecule has 108 valence electrons. The van der Waals surface area contributed by atoms with Gasteiger partial charge in [-0.15, -0.1) is 0 Å². The van der Waals surface area contributed by atoms with Crippen LogP contribution in [0.2, 0.25) is 0 Å². The Hall–Kier alpha value is -1.76. The Balaban J connectivity index is 2.27. The highest BCUT2D eigenvalue weighted by molar-refractivity contribution is 7.99. The van der Waals surface area contributed by atoms with Gasteiger partial charge in [0.1, 0.15) is 5.69 Å². The minimum Gasteiger partial charge on any atom is -0.481 e. The zero-order valence-corrected chi connectivity index (χ0v) is 11.9. The first-order valence-electron chi connectivity index (χ1n) is 6.27. The lowest BCUT2D eigenvalue weighted by Crippen LogP contribution is -2.48. The average Bonchev–Trinajstić information content (AvgIpc) is 2.41. The second-order valence-corrected chi connectivity index (χ2v) is 5.78. The Morgan fingerprint density at radius 2 is 2.20 bits per heavy atom. The van der Waals surface area contributed by atoms with E-state index < -0.39 is 5.97 Å². The molecule has 1 N–H and O–H groups in total. The van der Waals surface area contributed by atoms with Crippen LogP contribution in [-0.2, 0) is 11.8 Å². The van der Waals surface area contributed by atoms with Gasteiger partial charge in [0.25, 0.3) is 11.5 Å². The van der Waals surface area contributed by atoms with Crippen LogP contribution in [0.3, 0.4) is 0 Å². The van der Waals surface area contributed by atoms with Crippen molar-refractivity contribution in [3.8, 4) is 0 Å². The van der Waals surface area contributed by atoms with E-state index in [0.29, 0.717) is 18.0 Å². The molecule has 2 rings (SSSR count). The molecule has 1 aliphatic heterocycles. The Morgan fingerprint density at radius 3 is 2.90 bits per heavy atom. The number of hydrogen-bond donors (Lipinski definition) is 1. The number of carboxylic acid groups (broad SMARTS) is 1. The summed E-state index contributed by atoms with van der Waals surface area (Å²) < 4.78 is 1.29. The molecule has 1 fully saturated rings. The Bertz CT molecular complexity index is 584. The van der Waals surface area contributed by atoms with Crippen LogP contribution in [0.25, 0.3) is 0 Å². The number of aromatic nitrogens is 1.